The molecule has 3 rings (SSSR count). The number of nitrogens with one attached hydrogen (secondary N) is 1. The maximum Gasteiger partial charge on any atom is 0.237 e. The van der Waals surface area contributed by atoms with Gasteiger partial charge in [-0.3, -0.25) is 5.43 Å². The van der Waals surface area contributed by atoms with Gasteiger partial charge in [-0.05, 0) is 48.9 Å². The lowest BCUT2D eigenvalue weighted by molar-refractivity contribution is 0.626. The van der Waals surface area contributed by atoms with Crippen molar-refractivity contribution < 1.29 is 4.39 Å². The topological polar surface area (TPSA) is 103 Å². The second-order valence-corrected chi connectivity index (χ2v) is 4.92. The van der Waals surface area contributed by atoms with Crippen LogP contribution in [-0.2, 0) is 0 Å². The molecule has 0 amide bonds. The Labute approximate surface area is 136 Å². The molecule has 0 fully saturated rings. The summed E-state index contributed by atoms with van der Waals surface area (Å²) in [6.07, 6.45) is 0. The van der Waals surface area contributed by atoms with Crippen LogP contribution in [0.25, 0.3) is 16.7 Å². The minimum Gasteiger partial charge on any atom is -0.276 e. The van der Waals surface area contributed by atoms with E-state index < -0.39 is 0 Å². The molecule has 0 unspecified atom stereocenters. The maximum absolute atomic E-state index is 13.0. The number of hydrogen-bond acceptors (Lipinski definition) is 6. The molecule has 1 heterocycles. The normalized spacial score (nSPS) is 10.0. The van der Waals surface area contributed by atoms with E-state index in [1.807, 2.05) is 6.92 Å². The smallest absolute Gasteiger partial charge is 0.237 e. The van der Waals surface area contributed by atoms with Crippen LogP contribution in [0.1, 0.15) is 5.56 Å². The summed E-state index contributed by atoms with van der Waals surface area (Å²) in [6.45, 7) is 1.84. The molecule has 0 saturated carbocycles. The van der Waals surface area contributed by atoms with E-state index in [9.17, 15) is 4.39 Å². The van der Waals surface area contributed by atoms with Crippen LogP contribution in [-0.4, -0.2) is 20.7 Å². The van der Waals surface area contributed by atoms with E-state index in [-0.39, 0.29) is 11.5 Å². The Kier molecular flexibility index (Phi) is 3.87. The third kappa shape index (κ3) is 2.89. The fraction of sp³-hybridized carbons (Fsp3) is 0.0625. The second-order valence-electron chi connectivity index (χ2n) is 4.92. The van der Waals surface area contributed by atoms with Crippen LogP contribution < -0.4 is 5.43 Å². The lowest BCUT2D eigenvalue weighted by atomic mass is 10.2. The molecule has 0 aliphatic rings. The van der Waals surface area contributed by atoms with E-state index in [0.717, 1.165) is 5.56 Å². The van der Waals surface area contributed by atoms with Gasteiger partial charge in [0.2, 0.25) is 5.71 Å². The molecule has 7 nitrogen and oxygen atoms in total. The van der Waals surface area contributed by atoms with E-state index in [1.165, 1.54) is 16.9 Å². The zero-order chi connectivity index (χ0) is 17.1. The maximum atomic E-state index is 13.0. The number of hydrazone groups is 1. The van der Waals surface area contributed by atoms with Gasteiger partial charge in [0.25, 0.3) is 0 Å². The van der Waals surface area contributed by atoms with Crippen molar-refractivity contribution in [1.29, 1.82) is 10.5 Å². The molecule has 0 spiro atoms. The summed E-state index contributed by atoms with van der Waals surface area (Å²) in [4.78, 5) is 1.41. The Balaban J connectivity index is 1.99. The number of nitriles is 2. The molecule has 0 radical (unpaired) electrons. The summed E-state index contributed by atoms with van der Waals surface area (Å²) >= 11 is 0. The lowest BCUT2D eigenvalue weighted by Crippen LogP contribution is -1.98. The number of aryl methyl sites for hydroxylation is 1. The first kappa shape index (κ1) is 15.1. The van der Waals surface area contributed by atoms with E-state index in [2.05, 4.69) is 20.7 Å². The van der Waals surface area contributed by atoms with Crippen molar-refractivity contribution in [2.24, 2.45) is 5.10 Å². The van der Waals surface area contributed by atoms with Crippen LogP contribution in [0.4, 0.5) is 10.1 Å². The number of fused-ring (bicyclic) bond motifs is 1. The molecule has 3 aromatic rings. The van der Waals surface area contributed by atoms with Crippen molar-refractivity contribution in [3.05, 3.63) is 47.8 Å². The van der Waals surface area contributed by atoms with Gasteiger partial charge in [0.05, 0.1) is 11.4 Å². The van der Waals surface area contributed by atoms with Crippen LogP contribution in [0.5, 0.6) is 0 Å². The number of halogens is 1. The first-order valence-corrected chi connectivity index (χ1v) is 6.88. The molecular formula is C16H10FN7. The first-order chi connectivity index (χ1) is 11.6. The third-order valence-corrected chi connectivity index (χ3v) is 3.28. The van der Waals surface area contributed by atoms with Crippen molar-refractivity contribution in [2.75, 3.05) is 5.43 Å². The molecule has 1 aromatic heterocycles. The number of aromatic nitrogens is 3. The Bertz CT molecular complexity index is 1000. The van der Waals surface area contributed by atoms with Crippen LogP contribution in [0.15, 0.2) is 41.5 Å². The zero-order valence-electron chi connectivity index (χ0n) is 12.5. The van der Waals surface area contributed by atoms with Gasteiger partial charge >= 0.3 is 0 Å². The molecule has 0 aliphatic carbocycles. The fourth-order valence-corrected chi connectivity index (χ4v) is 2.07. The molecule has 0 saturated heterocycles. The average Bonchev–Trinajstić information content (AvgIpc) is 2.99. The van der Waals surface area contributed by atoms with Crippen molar-refractivity contribution in [3.8, 4) is 17.8 Å². The van der Waals surface area contributed by atoms with Gasteiger partial charge in [0, 0.05) is 0 Å². The average molecular weight is 319 g/mol. The van der Waals surface area contributed by atoms with Crippen molar-refractivity contribution >= 4 is 22.4 Å². The summed E-state index contributed by atoms with van der Waals surface area (Å²) < 4.78 is 13.0. The van der Waals surface area contributed by atoms with Crippen LogP contribution >= 0.6 is 0 Å². The monoisotopic (exact) mass is 319 g/mol. The number of benzene rings is 2. The highest BCUT2D eigenvalue weighted by Crippen LogP contribution is 2.22. The van der Waals surface area contributed by atoms with Gasteiger partial charge in [-0.15, -0.1) is 10.2 Å². The summed E-state index contributed by atoms with van der Waals surface area (Å²) in [7, 11) is 0. The fourth-order valence-electron chi connectivity index (χ4n) is 2.07. The molecule has 24 heavy (non-hydrogen) atoms. The van der Waals surface area contributed by atoms with E-state index >= 15 is 0 Å². The Morgan fingerprint density at radius 3 is 2.38 bits per heavy atom. The predicted octanol–water partition coefficient (Wildman–Crippen LogP) is 2.68. The van der Waals surface area contributed by atoms with E-state index in [4.69, 9.17) is 10.5 Å². The van der Waals surface area contributed by atoms with Crippen molar-refractivity contribution in [3.63, 3.8) is 0 Å². The Morgan fingerprint density at radius 1 is 1.12 bits per heavy atom. The highest BCUT2D eigenvalue weighted by molar-refractivity contribution is 6.10. The van der Waals surface area contributed by atoms with Gasteiger partial charge in [0.1, 0.15) is 29.0 Å². The van der Waals surface area contributed by atoms with Crippen LogP contribution in [0.3, 0.4) is 0 Å². The number of rotatable bonds is 3. The molecule has 0 atom stereocenters. The number of hydrogen-bond donors (Lipinski definition) is 1. The van der Waals surface area contributed by atoms with Gasteiger partial charge in [-0.2, -0.15) is 20.4 Å². The van der Waals surface area contributed by atoms with Crippen LogP contribution in [0, 0.1) is 35.4 Å². The van der Waals surface area contributed by atoms with Gasteiger partial charge < -0.3 is 0 Å². The summed E-state index contributed by atoms with van der Waals surface area (Å²) in [6, 6.07) is 12.7. The summed E-state index contributed by atoms with van der Waals surface area (Å²) in [5.41, 5.74) is 5.73. The van der Waals surface area contributed by atoms with E-state index in [1.54, 1.807) is 36.4 Å². The molecule has 0 aliphatic heterocycles. The highest BCUT2D eigenvalue weighted by atomic mass is 19.1. The molecule has 0 bridgehead atoms. The van der Waals surface area contributed by atoms with E-state index in [0.29, 0.717) is 22.4 Å². The quantitative estimate of drug-likeness (QED) is 0.590. The predicted molar refractivity (Wildman–Crippen MR) is 85.8 cm³/mol. The van der Waals surface area contributed by atoms with Crippen molar-refractivity contribution in [1.82, 2.24) is 15.0 Å². The minimum atomic E-state index is -0.332. The summed E-state index contributed by atoms with van der Waals surface area (Å²) in [5.74, 6) is -0.332. The molecule has 1 N–H and O–H groups in total. The van der Waals surface area contributed by atoms with Crippen molar-refractivity contribution in [2.45, 2.75) is 6.92 Å². The van der Waals surface area contributed by atoms with Gasteiger partial charge in [0.15, 0.2) is 0 Å². The molecule has 8 heteroatoms. The molecule has 116 valence electrons. The van der Waals surface area contributed by atoms with Gasteiger partial charge in [-0.1, -0.05) is 0 Å². The third-order valence-electron chi connectivity index (χ3n) is 3.28. The Morgan fingerprint density at radius 2 is 1.75 bits per heavy atom. The minimum absolute atomic E-state index is 0.274. The number of nitrogens with zero attached hydrogens (tertiary/aromatic N) is 6. The van der Waals surface area contributed by atoms with Gasteiger partial charge in [-0.25, -0.2) is 4.39 Å². The molecule has 2 aromatic carbocycles. The Hall–Kier alpha value is -3.78. The largest absolute Gasteiger partial charge is 0.276 e. The lowest BCUT2D eigenvalue weighted by Gasteiger charge is -2.03. The second kappa shape index (κ2) is 6.15. The van der Waals surface area contributed by atoms with Crippen LogP contribution in [0.2, 0.25) is 0 Å². The molecular weight excluding hydrogens is 309 g/mol. The number of anilines is 1. The SMILES string of the molecule is Cc1cc2nn(-c3ccc(F)cc3)nc2cc1NN=C(C#N)C#N. The highest BCUT2D eigenvalue weighted by Gasteiger charge is 2.08. The first-order valence-electron chi connectivity index (χ1n) is 6.88. The standard InChI is InChI=1S/C16H10FN7/c1-10-6-15-16(7-14(10)21-20-12(8-18)9-19)23-24(22-15)13-4-2-11(17)3-5-13/h2-7,21H,1H3. The summed E-state index contributed by atoms with van der Waals surface area (Å²) in [5, 5.41) is 29.8. The zero-order valence-corrected chi connectivity index (χ0v) is 12.5.